The van der Waals surface area contributed by atoms with Crippen LogP contribution in [0.5, 0.6) is 0 Å². The lowest BCUT2D eigenvalue weighted by Crippen LogP contribution is -2.28. The molecule has 1 fully saturated rings. The summed E-state index contributed by atoms with van der Waals surface area (Å²) in [6.45, 7) is 3.89. The van der Waals surface area contributed by atoms with Gasteiger partial charge in [0.15, 0.2) is 6.10 Å². The maximum Gasteiger partial charge on any atom is 0.306 e. The maximum absolute atomic E-state index is 12.3. The van der Waals surface area contributed by atoms with Crippen LogP contribution in [0.1, 0.15) is 213 Å². The van der Waals surface area contributed by atoms with Crippen molar-refractivity contribution in [3.05, 3.63) is 12.2 Å². The summed E-state index contributed by atoms with van der Waals surface area (Å²) < 4.78 is 10.6. The van der Waals surface area contributed by atoms with Gasteiger partial charge in [0, 0.05) is 25.2 Å². The Morgan fingerprint density at radius 1 is 0.623 bits per heavy atom. The second kappa shape index (κ2) is 35.0. The largest absolute Gasteiger partial charge is 0.462 e. The summed E-state index contributed by atoms with van der Waals surface area (Å²) in [6.07, 6.45) is 34.9. The van der Waals surface area contributed by atoms with Gasteiger partial charge in [-0.05, 0) is 31.6 Å². The van der Waals surface area contributed by atoms with Crippen LogP contribution in [0.4, 0.5) is 0 Å². The number of carbonyl (C=O) groups is 2. The number of unbranched alkanes of at least 4 members (excludes halogenated alkanes) is 23. The van der Waals surface area contributed by atoms with Gasteiger partial charge in [-0.2, -0.15) is 0 Å². The first-order valence-electron chi connectivity index (χ1n) is 22.5. The molecule has 0 amide bonds. The highest BCUT2D eigenvalue weighted by atomic mass is 16.6. The maximum atomic E-state index is 12.3. The van der Waals surface area contributed by atoms with Crippen molar-refractivity contribution >= 4 is 11.9 Å². The van der Waals surface area contributed by atoms with E-state index in [-0.39, 0.29) is 43.4 Å². The first-order chi connectivity index (χ1) is 25.8. The summed E-state index contributed by atoms with van der Waals surface area (Å²) in [7, 11) is 0. The minimum absolute atomic E-state index is 0.0316. The van der Waals surface area contributed by atoms with E-state index in [1.807, 2.05) is 6.08 Å². The fourth-order valence-electron chi connectivity index (χ4n) is 7.71. The number of carbonyl (C=O) groups excluding carboxylic acids is 2. The fraction of sp³-hybridized carbons (Fsp3) is 0.911. The van der Waals surface area contributed by atoms with Crippen molar-refractivity contribution in [2.45, 2.75) is 237 Å². The number of hydrogen-bond acceptors (Lipinski definition) is 8. The molecule has 1 aliphatic carbocycles. The van der Waals surface area contributed by atoms with E-state index < -0.39 is 24.4 Å². The molecule has 0 spiro atoms. The van der Waals surface area contributed by atoms with Gasteiger partial charge in [-0.15, -0.1) is 0 Å². The van der Waals surface area contributed by atoms with Gasteiger partial charge >= 0.3 is 11.9 Å². The Bertz CT molecular complexity index is 879. The molecule has 0 aromatic heterocycles. The zero-order chi connectivity index (χ0) is 38.8. The SMILES string of the molecule is CCCCCCCCCCCCCCCCCCCCCC(=O)O[C@@H](CO)COC(=O)CCCCCC[C@@H]1[C@@H](/C=C/[C@@H](O)CCCCC)[C@H](O)C[C@@H]1O. The molecule has 312 valence electrons. The van der Waals surface area contributed by atoms with E-state index in [1.165, 1.54) is 103 Å². The third-order valence-electron chi connectivity index (χ3n) is 11.2. The summed E-state index contributed by atoms with van der Waals surface area (Å²) >= 11 is 0. The van der Waals surface area contributed by atoms with Gasteiger partial charge in [0.1, 0.15) is 6.61 Å². The van der Waals surface area contributed by atoms with E-state index in [9.17, 15) is 30.0 Å². The van der Waals surface area contributed by atoms with E-state index in [1.54, 1.807) is 6.08 Å². The lowest BCUT2D eigenvalue weighted by Gasteiger charge is -2.21. The Morgan fingerprint density at radius 3 is 1.58 bits per heavy atom. The molecule has 0 heterocycles. The average Bonchev–Trinajstić information content (AvgIpc) is 3.42. The molecule has 6 atom stereocenters. The van der Waals surface area contributed by atoms with Crippen molar-refractivity contribution in [3.63, 3.8) is 0 Å². The van der Waals surface area contributed by atoms with Gasteiger partial charge in [0.2, 0.25) is 0 Å². The molecule has 0 radical (unpaired) electrons. The molecule has 0 aromatic carbocycles. The van der Waals surface area contributed by atoms with Crippen molar-refractivity contribution in [1.29, 1.82) is 0 Å². The molecule has 8 heteroatoms. The third kappa shape index (κ3) is 27.7. The summed E-state index contributed by atoms with van der Waals surface area (Å²) in [6, 6.07) is 0. The lowest BCUT2D eigenvalue weighted by molar-refractivity contribution is -0.161. The second-order valence-corrected chi connectivity index (χ2v) is 16.1. The molecule has 0 bridgehead atoms. The van der Waals surface area contributed by atoms with Crippen molar-refractivity contribution in [3.8, 4) is 0 Å². The number of hydrogen-bond donors (Lipinski definition) is 4. The number of ether oxygens (including phenoxy) is 2. The fourth-order valence-corrected chi connectivity index (χ4v) is 7.71. The van der Waals surface area contributed by atoms with Gasteiger partial charge in [-0.3, -0.25) is 9.59 Å². The van der Waals surface area contributed by atoms with Gasteiger partial charge in [0.05, 0.1) is 24.9 Å². The number of aliphatic hydroxyl groups is 4. The molecule has 8 nitrogen and oxygen atoms in total. The van der Waals surface area contributed by atoms with Crippen molar-refractivity contribution in [2.75, 3.05) is 13.2 Å². The standard InChI is InChI=1S/C45H84O8/c1-3-5-7-8-9-10-11-12-13-14-15-16-17-18-19-20-21-22-28-32-45(51)53-39(36-46)37-52-44(50)31-27-24-23-26-30-40-41(43(49)35-42(40)48)34-33-38(47)29-25-6-4-2/h33-34,38-43,46-49H,3-32,35-37H2,1-2H3/b34-33+/t38-,39-,40+,41+,42-,43+/m0/s1. The van der Waals surface area contributed by atoms with Crippen LogP contribution >= 0.6 is 0 Å². The monoisotopic (exact) mass is 753 g/mol. The summed E-state index contributed by atoms with van der Waals surface area (Å²) in [5.74, 6) is -0.901. The first kappa shape index (κ1) is 49.5. The van der Waals surface area contributed by atoms with Crippen LogP contribution in [0.15, 0.2) is 12.2 Å². The number of esters is 2. The topological polar surface area (TPSA) is 134 Å². The normalized spacial score (nSPS) is 19.9. The van der Waals surface area contributed by atoms with Gasteiger partial charge < -0.3 is 29.9 Å². The zero-order valence-corrected chi connectivity index (χ0v) is 34.4. The van der Waals surface area contributed by atoms with Crippen LogP contribution in [-0.2, 0) is 19.1 Å². The quantitative estimate of drug-likeness (QED) is 0.0280. The highest BCUT2D eigenvalue weighted by molar-refractivity contribution is 5.70. The van der Waals surface area contributed by atoms with E-state index in [2.05, 4.69) is 13.8 Å². The highest BCUT2D eigenvalue weighted by Gasteiger charge is 2.39. The van der Waals surface area contributed by atoms with Gasteiger partial charge in [0.25, 0.3) is 0 Å². The molecule has 1 aliphatic rings. The van der Waals surface area contributed by atoms with Crippen LogP contribution in [0.2, 0.25) is 0 Å². The van der Waals surface area contributed by atoms with E-state index >= 15 is 0 Å². The van der Waals surface area contributed by atoms with Crippen LogP contribution in [0, 0.1) is 11.8 Å². The van der Waals surface area contributed by atoms with E-state index in [4.69, 9.17) is 9.47 Å². The molecule has 1 rings (SSSR count). The minimum atomic E-state index is -0.834. The van der Waals surface area contributed by atoms with Crippen LogP contribution in [-0.4, -0.2) is 70.0 Å². The predicted molar refractivity (Wildman–Crippen MR) is 217 cm³/mol. The molecule has 53 heavy (non-hydrogen) atoms. The average molecular weight is 753 g/mol. The molecule has 0 unspecified atom stereocenters. The van der Waals surface area contributed by atoms with E-state index in [0.29, 0.717) is 25.7 Å². The third-order valence-corrected chi connectivity index (χ3v) is 11.2. The number of aliphatic hydroxyl groups excluding tert-OH is 4. The summed E-state index contributed by atoms with van der Waals surface area (Å²) in [4.78, 5) is 24.5. The molecular formula is C45H84O8. The van der Waals surface area contributed by atoms with Crippen molar-refractivity contribution in [1.82, 2.24) is 0 Å². The molecule has 0 aliphatic heterocycles. The Hall–Kier alpha value is -1.48. The van der Waals surface area contributed by atoms with Crippen LogP contribution in [0.25, 0.3) is 0 Å². The van der Waals surface area contributed by atoms with Crippen molar-refractivity contribution in [2.24, 2.45) is 11.8 Å². The summed E-state index contributed by atoms with van der Waals surface area (Å²) in [5, 5.41) is 40.8. The predicted octanol–water partition coefficient (Wildman–Crippen LogP) is 10.5. The molecular weight excluding hydrogens is 668 g/mol. The zero-order valence-electron chi connectivity index (χ0n) is 34.4. The first-order valence-corrected chi connectivity index (χ1v) is 22.5. The second-order valence-electron chi connectivity index (χ2n) is 16.1. The molecule has 0 aromatic rings. The minimum Gasteiger partial charge on any atom is -0.462 e. The van der Waals surface area contributed by atoms with Crippen LogP contribution < -0.4 is 0 Å². The van der Waals surface area contributed by atoms with Gasteiger partial charge in [-0.25, -0.2) is 0 Å². The van der Waals surface area contributed by atoms with Crippen molar-refractivity contribution < 1.29 is 39.5 Å². The lowest BCUT2D eigenvalue weighted by atomic mass is 9.88. The Balaban J connectivity index is 2.01. The summed E-state index contributed by atoms with van der Waals surface area (Å²) in [5.41, 5.74) is 0. The van der Waals surface area contributed by atoms with E-state index in [0.717, 1.165) is 64.2 Å². The highest BCUT2D eigenvalue weighted by Crippen LogP contribution is 2.37. The molecule has 0 saturated heterocycles. The Kier molecular flexibility index (Phi) is 32.7. The Labute approximate surface area is 325 Å². The smallest absolute Gasteiger partial charge is 0.306 e. The van der Waals surface area contributed by atoms with Gasteiger partial charge in [-0.1, -0.05) is 180 Å². The van der Waals surface area contributed by atoms with Crippen LogP contribution in [0.3, 0.4) is 0 Å². The number of rotatable bonds is 37. The molecule has 1 saturated carbocycles. The Morgan fingerprint density at radius 2 is 1.08 bits per heavy atom. The molecule has 4 N–H and O–H groups in total.